The largest absolute Gasteiger partial charge is 0.289 e. The third-order valence-corrected chi connectivity index (χ3v) is 5.23. The number of hydrogen-bond donors (Lipinski definition) is 0. The second kappa shape index (κ2) is 8.30. The predicted octanol–water partition coefficient (Wildman–Crippen LogP) is 6.43. The van der Waals surface area contributed by atoms with E-state index in [1.807, 2.05) is 111 Å². The van der Waals surface area contributed by atoms with Crippen molar-refractivity contribution in [2.24, 2.45) is 0 Å². The van der Waals surface area contributed by atoms with E-state index in [-0.39, 0.29) is 11.6 Å². The van der Waals surface area contributed by atoms with E-state index in [1.54, 1.807) is 0 Å². The molecule has 4 aromatic carbocycles. The summed E-state index contributed by atoms with van der Waals surface area (Å²) in [5.41, 5.74) is 6.44. The van der Waals surface area contributed by atoms with Crippen molar-refractivity contribution in [2.45, 2.75) is 13.8 Å². The van der Waals surface area contributed by atoms with Crippen LogP contribution in [-0.2, 0) is 0 Å². The van der Waals surface area contributed by atoms with Gasteiger partial charge in [0.2, 0.25) is 0 Å². The van der Waals surface area contributed by atoms with Gasteiger partial charge in [-0.05, 0) is 31.0 Å². The van der Waals surface area contributed by atoms with Crippen molar-refractivity contribution in [2.75, 3.05) is 0 Å². The number of ketones is 2. The first-order valence-corrected chi connectivity index (χ1v) is 9.95. The van der Waals surface area contributed by atoms with E-state index in [0.717, 1.165) is 22.3 Å². The van der Waals surface area contributed by atoms with Gasteiger partial charge < -0.3 is 0 Å². The van der Waals surface area contributed by atoms with Gasteiger partial charge in [-0.25, -0.2) is 0 Å². The fourth-order valence-electron chi connectivity index (χ4n) is 3.49. The van der Waals surface area contributed by atoms with Gasteiger partial charge in [-0.15, -0.1) is 0 Å². The van der Waals surface area contributed by atoms with Crippen LogP contribution in [0.3, 0.4) is 0 Å². The zero-order valence-corrected chi connectivity index (χ0v) is 17.1. The maximum Gasteiger partial charge on any atom is 0.193 e. The molecule has 2 heteroatoms. The summed E-state index contributed by atoms with van der Waals surface area (Å²) in [5, 5.41) is 0. The van der Waals surface area contributed by atoms with Gasteiger partial charge in [0.25, 0.3) is 0 Å². The number of benzene rings is 4. The maximum atomic E-state index is 13.2. The van der Waals surface area contributed by atoms with Crippen molar-refractivity contribution in [1.29, 1.82) is 0 Å². The molecular weight excluding hydrogens is 368 g/mol. The second-order valence-corrected chi connectivity index (χ2v) is 7.52. The molecule has 0 saturated carbocycles. The quantitative estimate of drug-likeness (QED) is 0.368. The van der Waals surface area contributed by atoms with Crippen molar-refractivity contribution in [3.8, 4) is 11.1 Å². The van der Waals surface area contributed by atoms with Crippen LogP contribution in [-0.4, -0.2) is 11.6 Å². The fraction of sp³-hybridized carbons (Fsp3) is 0.0714. The number of hydrogen-bond acceptors (Lipinski definition) is 2. The lowest BCUT2D eigenvalue weighted by atomic mass is 9.92. The Morgan fingerprint density at radius 3 is 1.73 bits per heavy atom. The minimum Gasteiger partial charge on any atom is -0.289 e. The van der Waals surface area contributed by atoms with Gasteiger partial charge in [0.1, 0.15) is 0 Å². The van der Waals surface area contributed by atoms with E-state index in [1.165, 1.54) is 0 Å². The molecule has 0 bridgehead atoms. The van der Waals surface area contributed by atoms with E-state index >= 15 is 0 Å². The second-order valence-electron chi connectivity index (χ2n) is 7.52. The normalized spacial score (nSPS) is 10.6. The molecular formula is C28H22O2. The van der Waals surface area contributed by atoms with E-state index < -0.39 is 0 Å². The summed E-state index contributed by atoms with van der Waals surface area (Å²) in [4.78, 5) is 26.1. The molecule has 0 aliphatic rings. The zero-order chi connectivity index (χ0) is 21.1. The van der Waals surface area contributed by atoms with Gasteiger partial charge in [0.05, 0.1) is 0 Å². The summed E-state index contributed by atoms with van der Waals surface area (Å²) in [6.45, 7) is 4.00. The van der Waals surface area contributed by atoms with Crippen molar-refractivity contribution in [1.82, 2.24) is 0 Å². The summed E-state index contributed by atoms with van der Waals surface area (Å²) in [7, 11) is 0. The Balaban J connectivity index is 1.72. The highest BCUT2D eigenvalue weighted by Gasteiger charge is 2.16. The molecule has 0 unspecified atom stereocenters. The lowest BCUT2D eigenvalue weighted by Crippen LogP contribution is -2.04. The summed E-state index contributed by atoms with van der Waals surface area (Å²) < 4.78 is 0. The molecule has 0 amide bonds. The van der Waals surface area contributed by atoms with Gasteiger partial charge in [0.15, 0.2) is 11.6 Å². The van der Waals surface area contributed by atoms with E-state index in [4.69, 9.17) is 0 Å². The van der Waals surface area contributed by atoms with Crippen molar-refractivity contribution < 1.29 is 9.59 Å². The van der Waals surface area contributed by atoms with Crippen LogP contribution in [0.25, 0.3) is 11.1 Å². The smallest absolute Gasteiger partial charge is 0.193 e. The van der Waals surface area contributed by atoms with E-state index in [2.05, 4.69) is 0 Å². The van der Waals surface area contributed by atoms with Crippen LogP contribution in [0, 0.1) is 13.8 Å². The molecule has 0 fully saturated rings. The third kappa shape index (κ3) is 3.99. The summed E-state index contributed by atoms with van der Waals surface area (Å²) in [6, 6.07) is 30.2. The first kappa shape index (κ1) is 19.5. The summed E-state index contributed by atoms with van der Waals surface area (Å²) in [5.74, 6) is -0.0555. The third-order valence-electron chi connectivity index (χ3n) is 5.23. The predicted molar refractivity (Wildman–Crippen MR) is 121 cm³/mol. The Morgan fingerprint density at radius 2 is 1.10 bits per heavy atom. The van der Waals surface area contributed by atoms with Crippen LogP contribution in [0.1, 0.15) is 43.0 Å². The van der Waals surface area contributed by atoms with Crippen molar-refractivity contribution in [3.63, 3.8) is 0 Å². The number of carbonyl (C=O) groups excluding carboxylic acids is 2. The molecule has 0 N–H and O–H groups in total. The highest BCUT2D eigenvalue weighted by Crippen LogP contribution is 2.27. The minimum absolute atomic E-state index is 0.0270. The molecule has 0 aliphatic carbocycles. The fourth-order valence-corrected chi connectivity index (χ4v) is 3.49. The van der Waals surface area contributed by atoms with Crippen LogP contribution < -0.4 is 0 Å². The maximum absolute atomic E-state index is 13.2. The molecule has 0 spiro atoms. The van der Waals surface area contributed by atoms with Gasteiger partial charge in [-0.1, -0.05) is 102 Å². The standard InChI is InChI=1S/C28H22O2/c1-19-10-14-21(15-11-19)27(29)24-7-5-6-23(18-24)25-8-3-4-9-26(25)28(30)22-16-12-20(2)13-17-22/h3-18H,1-2H3. The van der Waals surface area contributed by atoms with Gasteiger partial charge in [-0.2, -0.15) is 0 Å². The first-order chi connectivity index (χ1) is 14.5. The Morgan fingerprint density at radius 1 is 0.533 bits per heavy atom. The van der Waals surface area contributed by atoms with Crippen LogP contribution in [0.15, 0.2) is 97.1 Å². The molecule has 0 aliphatic heterocycles. The topological polar surface area (TPSA) is 34.1 Å². The summed E-state index contributed by atoms with van der Waals surface area (Å²) >= 11 is 0. The number of carbonyl (C=O) groups is 2. The minimum atomic E-state index is -0.0285. The molecule has 0 heterocycles. The van der Waals surface area contributed by atoms with Gasteiger partial charge >= 0.3 is 0 Å². The van der Waals surface area contributed by atoms with Crippen LogP contribution in [0.4, 0.5) is 0 Å². The Labute approximate surface area is 176 Å². The van der Waals surface area contributed by atoms with Gasteiger partial charge in [-0.3, -0.25) is 9.59 Å². The lowest BCUT2D eigenvalue weighted by molar-refractivity contribution is 0.103. The SMILES string of the molecule is Cc1ccc(C(=O)c2cccc(-c3ccccc3C(=O)c3ccc(C)cc3)c2)cc1. The van der Waals surface area contributed by atoms with Gasteiger partial charge in [0, 0.05) is 22.3 Å². The molecule has 0 aromatic heterocycles. The van der Waals surface area contributed by atoms with Crippen LogP contribution in [0.2, 0.25) is 0 Å². The number of rotatable bonds is 5. The summed E-state index contributed by atoms with van der Waals surface area (Å²) in [6.07, 6.45) is 0. The molecule has 2 nitrogen and oxygen atoms in total. The molecule has 0 atom stereocenters. The van der Waals surface area contributed by atoms with Crippen molar-refractivity contribution in [3.05, 3.63) is 130 Å². The molecule has 4 rings (SSSR count). The van der Waals surface area contributed by atoms with E-state index in [0.29, 0.717) is 22.3 Å². The highest BCUT2D eigenvalue weighted by atomic mass is 16.1. The molecule has 4 aromatic rings. The monoisotopic (exact) mass is 390 g/mol. The Kier molecular flexibility index (Phi) is 5.40. The first-order valence-electron chi connectivity index (χ1n) is 9.95. The molecule has 30 heavy (non-hydrogen) atoms. The van der Waals surface area contributed by atoms with Crippen LogP contribution >= 0.6 is 0 Å². The average molecular weight is 390 g/mol. The Bertz CT molecular complexity index is 1220. The molecule has 146 valence electrons. The molecule has 0 saturated heterocycles. The van der Waals surface area contributed by atoms with E-state index in [9.17, 15) is 9.59 Å². The molecule has 0 radical (unpaired) electrons. The Hall–Kier alpha value is -3.78. The van der Waals surface area contributed by atoms with Crippen LogP contribution in [0.5, 0.6) is 0 Å². The lowest BCUT2D eigenvalue weighted by Gasteiger charge is -2.11. The average Bonchev–Trinajstić information content (AvgIpc) is 2.79. The van der Waals surface area contributed by atoms with Crippen molar-refractivity contribution >= 4 is 11.6 Å². The zero-order valence-electron chi connectivity index (χ0n) is 17.1. The number of aryl methyl sites for hydroxylation is 2. The highest BCUT2D eigenvalue weighted by molar-refractivity contribution is 6.13.